The van der Waals surface area contributed by atoms with Gasteiger partial charge in [-0.05, 0) is 51.3 Å². The smallest absolute Gasteiger partial charge is 0.157 e. The van der Waals surface area contributed by atoms with Crippen molar-refractivity contribution < 1.29 is 8.42 Å². The molecule has 0 fully saturated rings. The number of rotatable bonds is 8. The monoisotopic (exact) mass is 297 g/mol. The first kappa shape index (κ1) is 17.2. The van der Waals surface area contributed by atoms with Gasteiger partial charge in [0.2, 0.25) is 0 Å². The average Bonchev–Trinajstić information content (AvgIpc) is 2.38. The lowest BCUT2D eigenvalue weighted by molar-refractivity contribution is 0.497. The Kier molecular flexibility index (Phi) is 6.69. The predicted octanol–water partition coefficient (Wildman–Crippen LogP) is 3.08. The van der Waals surface area contributed by atoms with Gasteiger partial charge in [0.25, 0.3) is 0 Å². The summed E-state index contributed by atoms with van der Waals surface area (Å²) in [5.41, 5.74) is 1.95. The molecule has 1 aromatic carbocycles. The number of nitrogens with one attached hydrogen (secondary N) is 1. The molecule has 1 N–H and O–H groups in total. The molecule has 20 heavy (non-hydrogen) atoms. The van der Waals surface area contributed by atoms with Gasteiger partial charge in [-0.25, -0.2) is 8.42 Å². The van der Waals surface area contributed by atoms with Crippen molar-refractivity contribution in [3.05, 3.63) is 35.4 Å². The molecule has 2 unspecified atom stereocenters. The molecule has 1 aromatic rings. The molecule has 0 aliphatic heterocycles. The molecule has 0 heterocycles. The fraction of sp³-hybridized carbons (Fsp3) is 0.625. The van der Waals surface area contributed by atoms with Crippen molar-refractivity contribution in [1.29, 1.82) is 0 Å². The van der Waals surface area contributed by atoms with Gasteiger partial charge in [-0.3, -0.25) is 0 Å². The van der Waals surface area contributed by atoms with Crippen LogP contribution in [-0.2, 0) is 15.6 Å². The Morgan fingerprint density at radius 1 is 1.20 bits per heavy atom. The summed E-state index contributed by atoms with van der Waals surface area (Å²) < 4.78 is 24.9. The molecule has 0 amide bonds. The van der Waals surface area contributed by atoms with E-state index in [1.54, 1.807) is 0 Å². The number of sulfone groups is 1. The van der Waals surface area contributed by atoms with Crippen LogP contribution in [0.15, 0.2) is 24.3 Å². The second kappa shape index (κ2) is 7.79. The molecule has 114 valence electrons. The minimum absolute atomic E-state index is 0.140. The lowest BCUT2D eigenvalue weighted by Crippen LogP contribution is -2.33. The Bertz CT molecular complexity index is 511. The first-order valence-electron chi connectivity index (χ1n) is 7.36. The third-order valence-corrected chi connectivity index (χ3v) is 5.79. The maximum atomic E-state index is 12.4. The second-order valence-corrected chi connectivity index (χ2v) is 8.05. The summed E-state index contributed by atoms with van der Waals surface area (Å²) in [4.78, 5) is 0. The van der Waals surface area contributed by atoms with Crippen molar-refractivity contribution in [3.63, 3.8) is 0 Å². The largest absolute Gasteiger partial charge is 0.314 e. The van der Waals surface area contributed by atoms with Crippen LogP contribution in [-0.4, -0.2) is 26.3 Å². The molecular weight excluding hydrogens is 270 g/mol. The number of aryl methyl sites for hydroxylation is 1. The molecule has 4 heteroatoms. The van der Waals surface area contributed by atoms with Crippen molar-refractivity contribution in [2.75, 3.05) is 6.54 Å². The minimum atomic E-state index is -3.10. The van der Waals surface area contributed by atoms with Crippen LogP contribution in [0.4, 0.5) is 0 Å². The molecular formula is C16H27NO2S. The highest BCUT2D eigenvalue weighted by atomic mass is 32.2. The van der Waals surface area contributed by atoms with Crippen LogP contribution in [0, 0.1) is 6.92 Å². The lowest BCUT2D eigenvalue weighted by Gasteiger charge is -2.19. The molecule has 0 aliphatic carbocycles. The van der Waals surface area contributed by atoms with Crippen molar-refractivity contribution in [1.82, 2.24) is 5.32 Å². The van der Waals surface area contributed by atoms with Gasteiger partial charge in [0.15, 0.2) is 9.84 Å². The molecule has 3 nitrogen and oxygen atoms in total. The van der Waals surface area contributed by atoms with Gasteiger partial charge >= 0.3 is 0 Å². The lowest BCUT2D eigenvalue weighted by atomic mass is 10.1. The van der Waals surface area contributed by atoms with Gasteiger partial charge in [0.1, 0.15) is 0 Å². The number of hydrogen-bond donors (Lipinski definition) is 1. The normalized spacial score (nSPS) is 15.0. The van der Waals surface area contributed by atoms with Crippen LogP contribution in [0.25, 0.3) is 0 Å². The summed E-state index contributed by atoms with van der Waals surface area (Å²) in [6.45, 7) is 8.87. The van der Waals surface area contributed by atoms with Crippen molar-refractivity contribution in [2.45, 2.75) is 57.6 Å². The molecule has 1 rings (SSSR count). The highest BCUT2D eigenvalue weighted by Gasteiger charge is 2.23. The van der Waals surface area contributed by atoms with Gasteiger partial charge in [-0.2, -0.15) is 0 Å². The molecule has 0 radical (unpaired) electrons. The average molecular weight is 297 g/mol. The van der Waals surface area contributed by atoms with E-state index < -0.39 is 9.84 Å². The first-order chi connectivity index (χ1) is 9.36. The zero-order valence-electron chi connectivity index (χ0n) is 13.0. The maximum Gasteiger partial charge on any atom is 0.157 e. The van der Waals surface area contributed by atoms with E-state index in [9.17, 15) is 8.42 Å². The summed E-state index contributed by atoms with van der Waals surface area (Å²) >= 11 is 0. The summed E-state index contributed by atoms with van der Waals surface area (Å²) in [6, 6.07) is 7.93. The van der Waals surface area contributed by atoms with Crippen molar-refractivity contribution >= 4 is 9.84 Å². The van der Waals surface area contributed by atoms with E-state index >= 15 is 0 Å². The van der Waals surface area contributed by atoms with Crippen LogP contribution < -0.4 is 5.32 Å². The standard InChI is InChI=1S/C16H27NO2S/c1-5-10-17-14(3)11-15(4)20(18,19)12-16-9-7-6-8-13(16)2/h6-9,14-15,17H,5,10-12H2,1-4H3. The summed E-state index contributed by atoms with van der Waals surface area (Å²) in [5, 5.41) is 3.03. The molecule has 0 bridgehead atoms. The highest BCUT2D eigenvalue weighted by molar-refractivity contribution is 7.91. The van der Waals surface area contributed by atoms with Gasteiger partial charge in [-0.1, -0.05) is 31.2 Å². The van der Waals surface area contributed by atoms with E-state index in [1.807, 2.05) is 38.1 Å². The Morgan fingerprint density at radius 2 is 1.85 bits per heavy atom. The molecule has 0 aliphatic rings. The minimum Gasteiger partial charge on any atom is -0.314 e. The highest BCUT2D eigenvalue weighted by Crippen LogP contribution is 2.17. The van der Waals surface area contributed by atoms with E-state index in [-0.39, 0.29) is 17.0 Å². The predicted molar refractivity (Wildman–Crippen MR) is 85.6 cm³/mol. The summed E-state index contributed by atoms with van der Waals surface area (Å²) in [7, 11) is -3.10. The van der Waals surface area contributed by atoms with E-state index in [4.69, 9.17) is 0 Å². The van der Waals surface area contributed by atoms with Crippen LogP contribution >= 0.6 is 0 Å². The Labute approximate surface area is 123 Å². The van der Waals surface area contributed by atoms with Gasteiger partial charge < -0.3 is 5.32 Å². The van der Waals surface area contributed by atoms with E-state index in [0.29, 0.717) is 6.42 Å². The molecule has 2 atom stereocenters. The van der Waals surface area contributed by atoms with Crippen LogP contribution in [0.3, 0.4) is 0 Å². The first-order valence-corrected chi connectivity index (χ1v) is 9.07. The zero-order valence-corrected chi connectivity index (χ0v) is 13.8. The van der Waals surface area contributed by atoms with E-state index in [1.165, 1.54) is 0 Å². The molecule has 0 saturated carbocycles. The van der Waals surface area contributed by atoms with Crippen LogP contribution in [0.5, 0.6) is 0 Å². The number of hydrogen-bond acceptors (Lipinski definition) is 3. The Morgan fingerprint density at radius 3 is 2.45 bits per heavy atom. The van der Waals surface area contributed by atoms with Gasteiger partial charge in [0.05, 0.1) is 11.0 Å². The van der Waals surface area contributed by atoms with Gasteiger partial charge in [-0.15, -0.1) is 0 Å². The van der Waals surface area contributed by atoms with Crippen LogP contribution in [0.1, 0.15) is 44.7 Å². The second-order valence-electron chi connectivity index (χ2n) is 5.64. The number of benzene rings is 1. The fourth-order valence-electron chi connectivity index (χ4n) is 2.25. The maximum absolute atomic E-state index is 12.4. The topological polar surface area (TPSA) is 46.2 Å². The van der Waals surface area contributed by atoms with E-state index in [2.05, 4.69) is 19.2 Å². The quantitative estimate of drug-likeness (QED) is 0.802. The third kappa shape index (κ3) is 5.25. The SMILES string of the molecule is CCCNC(C)CC(C)S(=O)(=O)Cc1ccccc1C. The Balaban J connectivity index is 2.66. The van der Waals surface area contributed by atoms with E-state index in [0.717, 1.165) is 24.1 Å². The Hall–Kier alpha value is -0.870. The molecule has 0 spiro atoms. The van der Waals surface area contributed by atoms with Gasteiger partial charge in [0, 0.05) is 6.04 Å². The third-order valence-electron chi connectivity index (χ3n) is 3.66. The van der Waals surface area contributed by atoms with Crippen LogP contribution in [0.2, 0.25) is 0 Å². The fourth-order valence-corrected chi connectivity index (χ4v) is 3.87. The summed E-state index contributed by atoms with van der Waals surface area (Å²) in [5.74, 6) is 0.140. The van der Waals surface area contributed by atoms with Crippen molar-refractivity contribution in [3.8, 4) is 0 Å². The molecule has 0 saturated heterocycles. The summed E-state index contributed by atoms with van der Waals surface area (Å²) in [6.07, 6.45) is 1.73. The zero-order chi connectivity index (χ0) is 15.2. The van der Waals surface area contributed by atoms with Crippen molar-refractivity contribution in [2.24, 2.45) is 0 Å². The molecule has 0 aromatic heterocycles.